The molecule has 5 aromatic carbocycles. The van der Waals surface area contributed by atoms with Gasteiger partial charge >= 0.3 is 0 Å². The molecule has 0 amide bonds. The molecule has 8 rings (SSSR count). The van der Waals surface area contributed by atoms with E-state index in [2.05, 4.69) is 62.7 Å². The van der Waals surface area contributed by atoms with Gasteiger partial charge in [0.1, 0.15) is 0 Å². The molecule has 0 saturated heterocycles. The summed E-state index contributed by atoms with van der Waals surface area (Å²) in [4.78, 5) is 4.47. The molecule has 0 N–H and O–H groups in total. The van der Waals surface area contributed by atoms with Crippen LogP contribution in [0.2, 0.25) is 0 Å². The molecule has 44 heavy (non-hydrogen) atoms. The SMILES string of the molecule is N#Cc1ccc(-c2cc(-n3c4ccc(C#N)cc4c4cc(C#N)ccc43)cc(-n3c4ccccc4c4ccncc43)c2)cc1. The second-order valence-corrected chi connectivity index (χ2v) is 10.7. The molecule has 0 aliphatic rings. The van der Waals surface area contributed by atoms with Crippen molar-refractivity contribution in [3.05, 3.63) is 138 Å². The summed E-state index contributed by atoms with van der Waals surface area (Å²) in [6.07, 6.45) is 3.72. The lowest BCUT2D eigenvalue weighted by Crippen LogP contribution is -2.00. The summed E-state index contributed by atoms with van der Waals surface area (Å²) >= 11 is 0. The first kappa shape index (κ1) is 25.1. The fourth-order valence-electron chi connectivity index (χ4n) is 6.29. The van der Waals surface area contributed by atoms with Crippen LogP contribution in [0.1, 0.15) is 16.7 Å². The van der Waals surface area contributed by atoms with Crippen molar-refractivity contribution in [3.63, 3.8) is 0 Å². The lowest BCUT2D eigenvalue weighted by molar-refractivity contribution is 1.13. The van der Waals surface area contributed by atoms with Crippen molar-refractivity contribution >= 4 is 43.6 Å². The molecule has 0 fully saturated rings. The molecule has 3 aromatic heterocycles. The van der Waals surface area contributed by atoms with Crippen LogP contribution in [0.5, 0.6) is 0 Å². The van der Waals surface area contributed by atoms with Crippen molar-refractivity contribution in [3.8, 4) is 40.7 Å². The highest BCUT2D eigenvalue weighted by atomic mass is 15.0. The van der Waals surface area contributed by atoms with E-state index in [0.717, 1.165) is 66.1 Å². The molecule has 0 saturated carbocycles. The van der Waals surface area contributed by atoms with Crippen molar-refractivity contribution in [2.45, 2.75) is 0 Å². The minimum Gasteiger partial charge on any atom is -0.309 e. The summed E-state index contributed by atoms with van der Waals surface area (Å²) < 4.78 is 4.43. The number of rotatable bonds is 3. The summed E-state index contributed by atoms with van der Waals surface area (Å²) in [6, 6.07) is 42.6. The lowest BCUT2D eigenvalue weighted by atomic mass is 10.0. The third kappa shape index (κ3) is 3.75. The fraction of sp³-hybridized carbons (Fsp3) is 0. The first-order chi connectivity index (χ1) is 21.7. The molecule has 3 heterocycles. The Morgan fingerprint density at radius 2 is 1.00 bits per heavy atom. The van der Waals surface area contributed by atoms with E-state index in [0.29, 0.717) is 16.7 Å². The van der Waals surface area contributed by atoms with Crippen LogP contribution in [0.15, 0.2) is 122 Å². The van der Waals surface area contributed by atoms with Crippen molar-refractivity contribution in [2.75, 3.05) is 0 Å². The van der Waals surface area contributed by atoms with E-state index in [1.807, 2.05) is 91.3 Å². The van der Waals surface area contributed by atoms with Crippen LogP contribution in [-0.2, 0) is 0 Å². The minimum atomic E-state index is 0.559. The van der Waals surface area contributed by atoms with Crippen LogP contribution in [0.25, 0.3) is 66.1 Å². The number of para-hydroxylation sites is 1. The topological polar surface area (TPSA) is 94.1 Å². The predicted octanol–water partition coefficient (Wildman–Crippen LogP) is 8.56. The molecule has 0 bridgehead atoms. The van der Waals surface area contributed by atoms with E-state index in [1.54, 1.807) is 0 Å². The first-order valence-corrected chi connectivity index (χ1v) is 14.0. The van der Waals surface area contributed by atoms with E-state index in [9.17, 15) is 15.8 Å². The fourth-order valence-corrected chi connectivity index (χ4v) is 6.29. The molecule has 8 aromatic rings. The molecular formula is C38H20N6. The Morgan fingerprint density at radius 1 is 0.455 bits per heavy atom. The van der Waals surface area contributed by atoms with Crippen LogP contribution in [0, 0.1) is 34.0 Å². The van der Waals surface area contributed by atoms with Crippen molar-refractivity contribution in [2.24, 2.45) is 0 Å². The highest BCUT2D eigenvalue weighted by Gasteiger charge is 2.18. The molecule has 0 spiro atoms. The van der Waals surface area contributed by atoms with E-state index in [-0.39, 0.29) is 0 Å². The number of benzene rings is 5. The smallest absolute Gasteiger partial charge is 0.0991 e. The molecular weight excluding hydrogens is 540 g/mol. The molecule has 202 valence electrons. The zero-order chi connectivity index (χ0) is 29.8. The summed E-state index contributed by atoms with van der Waals surface area (Å²) in [6.45, 7) is 0. The Bertz CT molecular complexity index is 2460. The summed E-state index contributed by atoms with van der Waals surface area (Å²) in [5.41, 5.74) is 9.48. The lowest BCUT2D eigenvalue weighted by Gasteiger charge is -2.16. The first-order valence-electron chi connectivity index (χ1n) is 14.0. The van der Waals surface area contributed by atoms with Gasteiger partial charge in [-0.3, -0.25) is 4.98 Å². The Morgan fingerprint density at radius 3 is 1.64 bits per heavy atom. The van der Waals surface area contributed by atoms with Gasteiger partial charge in [0, 0.05) is 39.1 Å². The van der Waals surface area contributed by atoms with Crippen LogP contribution >= 0.6 is 0 Å². The van der Waals surface area contributed by atoms with E-state index >= 15 is 0 Å². The molecule has 0 unspecified atom stereocenters. The largest absolute Gasteiger partial charge is 0.309 e. The Kier molecular flexibility index (Phi) is 5.53. The third-order valence-corrected chi connectivity index (χ3v) is 8.27. The van der Waals surface area contributed by atoms with Gasteiger partial charge in [0.15, 0.2) is 0 Å². The molecule has 6 heteroatoms. The Hall–Kier alpha value is -6.68. The van der Waals surface area contributed by atoms with Crippen LogP contribution in [0.3, 0.4) is 0 Å². The minimum absolute atomic E-state index is 0.559. The number of pyridine rings is 1. The highest BCUT2D eigenvalue weighted by molar-refractivity contribution is 6.11. The number of fused-ring (bicyclic) bond motifs is 6. The number of nitriles is 3. The molecule has 0 aliphatic heterocycles. The van der Waals surface area contributed by atoms with Crippen molar-refractivity contribution in [1.29, 1.82) is 15.8 Å². The maximum absolute atomic E-state index is 9.67. The zero-order valence-electron chi connectivity index (χ0n) is 23.2. The van der Waals surface area contributed by atoms with Gasteiger partial charge in [-0.2, -0.15) is 15.8 Å². The van der Waals surface area contributed by atoms with Crippen molar-refractivity contribution < 1.29 is 0 Å². The second-order valence-electron chi connectivity index (χ2n) is 10.7. The number of aromatic nitrogens is 3. The van der Waals surface area contributed by atoms with Crippen LogP contribution < -0.4 is 0 Å². The van der Waals surface area contributed by atoms with Gasteiger partial charge in [0.25, 0.3) is 0 Å². The van der Waals surface area contributed by atoms with Gasteiger partial charge in [0.2, 0.25) is 0 Å². The average Bonchev–Trinajstić information content (AvgIpc) is 3.60. The van der Waals surface area contributed by atoms with E-state index < -0.39 is 0 Å². The van der Waals surface area contributed by atoms with Gasteiger partial charge in [-0.1, -0.05) is 30.3 Å². The molecule has 0 atom stereocenters. The zero-order valence-corrected chi connectivity index (χ0v) is 23.2. The maximum Gasteiger partial charge on any atom is 0.0991 e. The van der Waals surface area contributed by atoms with Gasteiger partial charge in [-0.25, -0.2) is 0 Å². The monoisotopic (exact) mass is 560 g/mol. The van der Waals surface area contributed by atoms with E-state index in [1.165, 1.54) is 0 Å². The maximum atomic E-state index is 9.67. The van der Waals surface area contributed by atoms with Gasteiger partial charge in [-0.15, -0.1) is 0 Å². The normalized spacial score (nSPS) is 11.1. The van der Waals surface area contributed by atoms with Gasteiger partial charge in [-0.05, 0) is 90.0 Å². The standard InChI is InChI=1S/C38H20N6/c39-20-24-5-9-27(10-6-24)28-17-29(19-30(18-28)44-35-4-2-1-3-31(35)32-13-14-42-23-38(32)44)43-36-11-7-25(21-40)15-33(36)34-16-26(22-41)8-12-37(34)43/h1-19,23H. The third-order valence-electron chi connectivity index (χ3n) is 8.27. The average molecular weight is 561 g/mol. The van der Waals surface area contributed by atoms with Crippen LogP contribution in [0.4, 0.5) is 0 Å². The number of hydrogen-bond acceptors (Lipinski definition) is 4. The Labute approximate surface area is 252 Å². The second kappa shape index (κ2) is 9.71. The van der Waals surface area contributed by atoms with Gasteiger partial charge < -0.3 is 9.13 Å². The molecule has 0 aliphatic carbocycles. The summed E-state index contributed by atoms with van der Waals surface area (Å²) in [5, 5.41) is 32.8. The number of nitrogens with zero attached hydrogens (tertiary/aromatic N) is 6. The summed E-state index contributed by atoms with van der Waals surface area (Å²) in [5.74, 6) is 0. The van der Waals surface area contributed by atoms with Gasteiger partial charge in [0.05, 0.1) is 63.2 Å². The molecule has 0 radical (unpaired) electrons. The Balaban J connectivity index is 1.49. The predicted molar refractivity (Wildman–Crippen MR) is 172 cm³/mol. The van der Waals surface area contributed by atoms with Crippen LogP contribution in [-0.4, -0.2) is 14.1 Å². The molecule has 6 nitrogen and oxygen atoms in total. The summed E-state index contributed by atoms with van der Waals surface area (Å²) in [7, 11) is 0. The number of hydrogen-bond donors (Lipinski definition) is 0. The quantitative estimate of drug-likeness (QED) is 0.216. The highest BCUT2D eigenvalue weighted by Crippen LogP contribution is 2.38. The van der Waals surface area contributed by atoms with Crippen molar-refractivity contribution in [1.82, 2.24) is 14.1 Å². The van der Waals surface area contributed by atoms with E-state index in [4.69, 9.17) is 0 Å².